The Labute approximate surface area is 307 Å². The lowest BCUT2D eigenvalue weighted by Gasteiger charge is -2.25. The SMILES string of the molecule is c1ccc(-c2nc(-c3ccc(N(c4ccc(-c5ccc6c(ccc7ccccc76)c5)cc4)c4ccc5ccccc5n4)cc3)cc3cccnc23)cc1. The summed E-state index contributed by atoms with van der Waals surface area (Å²) in [4.78, 5) is 17.2. The van der Waals surface area contributed by atoms with Crippen molar-refractivity contribution < 1.29 is 0 Å². The molecule has 10 aromatic rings. The minimum atomic E-state index is 0.850. The minimum Gasteiger partial charge on any atom is -0.295 e. The smallest absolute Gasteiger partial charge is 0.138 e. The van der Waals surface area contributed by atoms with Crippen LogP contribution in [0.15, 0.2) is 194 Å². The molecule has 53 heavy (non-hydrogen) atoms. The molecule has 0 aliphatic carbocycles. The zero-order chi connectivity index (χ0) is 35.1. The number of hydrogen-bond acceptors (Lipinski definition) is 4. The normalized spacial score (nSPS) is 11.4. The molecule has 4 heteroatoms. The van der Waals surface area contributed by atoms with Gasteiger partial charge < -0.3 is 0 Å². The summed E-state index contributed by atoms with van der Waals surface area (Å²) in [5.74, 6) is 0.850. The highest BCUT2D eigenvalue weighted by atomic mass is 15.2. The van der Waals surface area contributed by atoms with Gasteiger partial charge >= 0.3 is 0 Å². The van der Waals surface area contributed by atoms with Gasteiger partial charge in [-0.15, -0.1) is 0 Å². The molecule has 0 atom stereocenters. The molecule has 0 saturated carbocycles. The van der Waals surface area contributed by atoms with E-state index in [9.17, 15) is 0 Å². The maximum Gasteiger partial charge on any atom is 0.138 e. The molecule has 4 nitrogen and oxygen atoms in total. The van der Waals surface area contributed by atoms with Crippen LogP contribution in [0.2, 0.25) is 0 Å². The Kier molecular flexibility index (Phi) is 7.43. The van der Waals surface area contributed by atoms with Crippen LogP contribution in [0.1, 0.15) is 0 Å². The van der Waals surface area contributed by atoms with Crippen molar-refractivity contribution in [2.75, 3.05) is 4.90 Å². The molecular formula is C49H32N4. The highest BCUT2D eigenvalue weighted by Gasteiger charge is 2.17. The standard InChI is InChI=1S/C49H32N4/c1-2-11-37(12-3-1)49-48-40(13-8-30-50-48)32-46(52-49)36-20-26-42(27-21-36)53(47-29-23-35-10-5-7-15-45(35)51-47)41-24-18-33(19-25-41)38-22-28-44-39(31-38)17-16-34-9-4-6-14-43(34)44/h1-32H. The van der Waals surface area contributed by atoms with E-state index in [1.165, 1.54) is 27.1 Å². The molecule has 0 aliphatic rings. The summed E-state index contributed by atoms with van der Waals surface area (Å²) < 4.78 is 0. The van der Waals surface area contributed by atoms with Gasteiger partial charge in [0.2, 0.25) is 0 Å². The lowest BCUT2D eigenvalue weighted by molar-refractivity contribution is 1.21. The highest BCUT2D eigenvalue weighted by Crippen LogP contribution is 2.38. The summed E-state index contributed by atoms with van der Waals surface area (Å²) >= 11 is 0. The summed E-state index contributed by atoms with van der Waals surface area (Å²) in [7, 11) is 0. The van der Waals surface area contributed by atoms with E-state index in [0.29, 0.717) is 0 Å². The molecule has 3 heterocycles. The molecular weight excluding hydrogens is 645 g/mol. The molecule has 0 aliphatic heterocycles. The fourth-order valence-electron chi connectivity index (χ4n) is 7.40. The van der Waals surface area contributed by atoms with E-state index in [1.54, 1.807) is 0 Å². The van der Waals surface area contributed by atoms with Crippen LogP contribution < -0.4 is 4.90 Å². The van der Waals surface area contributed by atoms with Crippen LogP contribution in [0.3, 0.4) is 0 Å². The number of anilines is 3. The van der Waals surface area contributed by atoms with Gasteiger partial charge in [-0.3, -0.25) is 9.88 Å². The summed E-state index contributed by atoms with van der Waals surface area (Å²) in [5, 5.41) is 7.21. The molecule has 0 fully saturated rings. The van der Waals surface area contributed by atoms with E-state index in [-0.39, 0.29) is 0 Å². The van der Waals surface area contributed by atoms with Crippen LogP contribution in [-0.4, -0.2) is 15.0 Å². The van der Waals surface area contributed by atoms with Gasteiger partial charge in [0.15, 0.2) is 0 Å². The topological polar surface area (TPSA) is 41.9 Å². The summed E-state index contributed by atoms with van der Waals surface area (Å²) in [6, 6.07) is 66.2. The van der Waals surface area contributed by atoms with Crippen LogP contribution in [0.5, 0.6) is 0 Å². The number of benzene rings is 7. The fraction of sp³-hybridized carbons (Fsp3) is 0. The van der Waals surface area contributed by atoms with Crippen molar-refractivity contribution in [1.82, 2.24) is 15.0 Å². The third-order valence-corrected chi connectivity index (χ3v) is 10.1. The van der Waals surface area contributed by atoms with E-state index in [4.69, 9.17) is 15.0 Å². The van der Waals surface area contributed by atoms with E-state index in [2.05, 4.69) is 157 Å². The van der Waals surface area contributed by atoms with E-state index < -0.39 is 0 Å². The maximum atomic E-state index is 5.15. The number of hydrogen-bond donors (Lipinski definition) is 0. The van der Waals surface area contributed by atoms with Crippen LogP contribution in [0.4, 0.5) is 17.2 Å². The molecule has 0 radical (unpaired) electrons. The van der Waals surface area contributed by atoms with Crippen LogP contribution >= 0.6 is 0 Å². The van der Waals surface area contributed by atoms with Gasteiger partial charge in [0, 0.05) is 39.5 Å². The Bertz CT molecular complexity index is 2940. The Hall–Kier alpha value is -7.17. The molecule has 7 aromatic carbocycles. The van der Waals surface area contributed by atoms with E-state index in [1.807, 2.05) is 42.6 Å². The zero-order valence-electron chi connectivity index (χ0n) is 28.8. The zero-order valence-corrected chi connectivity index (χ0v) is 28.8. The van der Waals surface area contributed by atoms with Crippen molar-refractivity contribution in [1.29, 1.82) is 0 Å². The molecule has 3 aromatic heterocycles. The maximum absolute atomic E-state index is 5.15. The van der Waals surface area contributed by atoms with Gasteiger partial charge in [-0.05, 0) is 93.3 Å². The van der Waals surface area contributed by atoms with Crippen LogP contribution in [0.25, 0.3) is 77.0 Å². The Morgan fingerprint density at radius 2 is 1.02 bits per heavy atom. The van der Waals surface area contributed by atoms with Crippen molar-refractivity contribution in [2.24, 2.45) is 0 Å². The average Bonchev–Trinajstić information content (AvgIpc) is 3.24. The van der Waals surface area contributed by atoms with E-state index >= 15 is 0 Å². The molecule has 0 amide bonds. The first kappa shape index (κ1) is 30.6. The first-order valence-corrected chi connectivity index (χ1v) is 17.8. The summed E-state index contributed by atoms with van der Waals surface area (Å²) in [6.45, 7) is 0. The second-order valence-corrected chi connectivity index (χ2v) is 13.3. The molecule has 0 unspecified atom stereocenters. The van der Waals surface area contributed by atoms with Crippen molar-refractivity contribution in [2.45, 2.75) is 0 Å². The van der Waals surface area contributed by atoms with Crippen molar-refractivity contribution in [3.8, 4) is 33.6 Å². The van der Waals surface area contributed by atoms with Gasteiger partial charge in [-0.25, -0.2) is 9.97 Å². The first-order chi connectivity index (χ1) is 26.2. The largest absolute Gasteiger partial charge is 0.295 e. The Morgan fingerprint density at radius 3 is 1.85 bits per heavy atom. The molecule has 10 rings (SSSR count). The lowest BCUT2D eigenvalue weighted by atomic mass is 9.97. The molecule has 0 saturated heterocycles. The number of pyridine rings is 3. The number of rotatable bonds is 6. The van der Waals surface area contributed by atoms with Crippen LogP contribution in [0, 0.1) is 0 Å². The second-order valence-electron chi connectivity index (χ2n) is 13.3. The monoisotopic (exact) mass is 676 g/mol. The van der Waals surface area contributed by atoms with Crippen LogP contribution in [-0.2, 0) is 0 Å². The van der Waals surface area contributed by atoms with Gasteiger partial charge in [-0.2, -0.15) is 0 Å². The number of aromatic nitrogens is 3. The average molecular weight is 677 g/mol. The second kappa shape index (κ2) is 12.9. The van der Waals surface area contributed by atoms with E-state index in [0.717, 1.165) is 67.1 Å². The summed E-state index contributed by atoms with van der Waals surface area (Å²) in [5.41, 5.74) is 10.1. The Morgan fingerprint density at radius 1 is 0.377 bits per heavy atom. The number of para-hydroxylation sites is 1. The van der Waals surface area contributed by atoms with Gasteiger partial charge in [0.05, 0.1) is 22.4 Å². The van der Waals surface area contributed by atoms with Crippen molar-refractivity contribution in [3.05, 3.63) is 194 Å². The molecule has 0 N–H and O–H groups in total. The predicted octanol–water partition coefficient (Wildman–Crippen LogP) is 13.0. The Balaban J connectivity index is 1.04. The predicted molar refractivity (Wildman–Crippen MR) is 221 cm³/mol. The molecule has 0 bridgehead atoms. The first-order valence-electron chi connectivity index (χ1n) is 17.8. The third kappa shape index (κ3) is 5.63. The highest BCUT2D eigenvalue weighted by molar-refractivity contribution is 6.08. The van der Waals surface area contributed by atoms with Crippen molar-refractivity contribution >= 4 is 60.5 Å². The quantitative estimate of drug-likeness (QED) is 0.164. The van der Waals surface area contributed by atoms with Gasteiger partial charge in [0.25, 0.3) is 0 Å². The summed E-state index contributed by atoms with van der Waals surface area (Å²) in [6.07, 6.45) is 1.83. The molecule has 0 spiro atoms. The van der Waals surface area contributed by atoms with Gasteiger partial charge in [0.1, 0.15) is 5.82 Å². The number of fused-ring (bicyclic) bond motifs is 5. The molecule has 248 valence electrons. The fourth-order valence-corrected chi connectivity index (χ4v) is 7.40. The number of nitrogens with zero attached hydrogens (tertiary/aromatic N) is 4. The minimum absolute atomic E-state index is 0.850. The third-order valence-electron chi connectivity index (χ3n) is 10.1. The van der Waals surface area contributed by atoms with Gasteiger partial charge in [-0.1, -0.05) is 127 Å². The lowest BCUT2D eigenvalue weighted by Crippen LogP contribution is -2.11. The van der Waals surface area contributed by atoms with Crippen molar-refractivity contribution in [3.63, 3.8) is 0 Å².